The molecule has 132 valence electrons. The number of rotatable bonds is 6. The molecular formula is C19H17N3O3S. The van der Waals surface area contributed by atoms with Gasteiger partial charge >= 0.3 is 5.97 Å². The van der Waals surface area contributed by atoms with E-state index in [2.05, 4.69) is 10.3 Å². The molecule has 1 N–H and O–H groups in total. The minimum Gasteiger partial charge on any atom is -0.462 e. The van der Waals surface area contributed by atoms with Gasteiger partial charge in [0.15, 0.2) is 0 Å². The van der Waals surface area contributed by atoms with Gasteiger partial charge in [-0.15, -0.1) is 11.3 Å². The number of amides is 1. The Morgan fingerprint density at radius 1 is 1.38 bits per heavy atom. The SMILES string of the molecule is CCOC(=O)c1ccc(NC(=O)C(C#N)=Cc2csc(C3CC3)n2)cc1. The summed E-state index contributed by atoms with van der Waals surface area (Å²) in [7, 11) is 0. The fraction of sp³-hybridized carbons (Fsp3) is 0.263. The molecule has 1 aliphatic rings. The molecule has 2 aromatic rings. The van der Waals surface area contributed by atoms with E-state index < -0.39 is 11.9 Å². The fourth-order valence-corrected chi connectivity index (χ4v) is 3.23. The van der Waals surface area contributed by atoms with E-state index >= 15 is 0 Å². The number of esters is 1. The third kappa shape index (κ3) is 4.35. The lowest BCUT2D eigenvalue weighted by atomic mass is 10.2. The summed E-state index contributed by atoms with van der Waals surface area (Å²) < 4.78 is 4.91. The average Bonchev–Trinajstić information content (AvgIpc) is 3.39. The lowest BCUT2D eigenvalue weighted by Gasteiger charge is -2.05. The summed E-state index contributed by atoms with van der Waals surface area (Å²) in [5, 5.41) is 14.8. The summed E-state index contributed by atoms with van der Waals surface area (Å²) in [6.45, 7) is 2.03. The second-order valence-corrected chi connectivity index (χ2v) is 6.70. The fourth-order valence-electron chi connectivity index (χ4n) is 2.28. The van der Waals surface area contributed by atoms with Crippen LogP contribution in [0.1, 0.15) is 46.7 Å². The van der Waals surface area contributed by atoms with Crippen LogP contribution in [0.5, 0.6) is 0 Å². The Morgan fingerprint density at radius 2 is 2.12 bits per heavy atom. The van der Waals surface area contributed by atoms with E-state index in [1.807, 2.05) is 11.4 Å². The van der Waals surface area contributed by atoms with Gasteiger partial charge in [-0.2, -0.15) is 5.26 Å². The van der Waals surface area contributed by atoms with Crippen LogP contribution in [-0.4, -0.2) is 23.5 Å². The molecule has 1 aromatic carbocycles. The minimum atomic E-state index is -0.516. The molecule has 1 saturated carbocycles. The molecular weight excluding hydrogens is 350 g/mol. The molecule has 0 spiro atoms. The van der Waals surface area contributed by atoms with Crippen molar-refractivity contribution >= 4 is 35.0 Å². The van der Waals surface area contributed by atoms with Crippen LogP contribution in [0.15, 0.2) is 35.2 Å². The van der Waals surface area contributed by atoms with Crippen molar-refractivity contribution in [2.24, 2.45) is 0 Å². The van der Waals surface area contributed by atoms with Gasteiger partial charge in [-0.05, 0) is 50.1 Å². The summed E-state index contributed by atoms with van der Waals surface area (Å²) in [6.07, 6.45) is 3.80. The van der Waals surface area contributed by atoms with Crippen LogP contribution in [0, 0.1) is 11.3 Å². The lowest BCUT2D eigenvalue weighted by Crippen LogP contribution is -2.13. The molecule has 0 unspecified atom stereocenters. The number of aromatic nitrogens is 1. The Kier molecular flexibility index (Phi) is 5.44. The van der Waals surface area contributed by atoms with E-state index in [0.717, 1.165) is 17.8 Å². The maximum Gasteiger partial charge on any atom is 0.338 e. The van der Waals surface area contributed by atoms with E-state index in [-0.39, 0.29) is 5.57 Å². The summed E-state index contributed by atoms with van der Waals surface area (Å²) in [6, 6.07) is 8.21. The molecule has 0 saturated heterocycles. The Balaban J connectivity index is 1.67. The van der Waals surface area contributed by atoms with Gasteiger partial charge in [0.25, 0.3) is 5.91 Å². The Bertz CT molecular complexity index is 889. The molecule has 1 fully saturated rings. The zero-order valence-electron chi connectivity index (χ0n) is 14.2. The van der Waals surface area contributed by atoms with Gasteiger partial charge in [-0.1, -0.05) is 0 Å². The monoisotopic (exact) mass is 367 g/mol. The first-order valence-corrected chi connectivity index (χ1v) is 9.14. The van der Waals surface area contributed by atoms with Gasteiger partial charge in [0.05, 0.1) is 22.9 Å². The first-order chi connectivity index (χ1) is 12.6. The molecule has 26 heavy (non-hydrogen) atoms. The maximum atomic E-state index is 12.3. The highest BCUT2D eigenvalue weighted by molar-refractivity contribution is 7.09. The Morgan fingerprint density at radius 3 is 2.73 bits per heavy atom. The Labute approximate surface area is 155 Å². The maximum absolute atomic E-state index is 12.3. The van der Waals surface area contributed by atoms with E-state index in [9.17, 15) is 14.9 Å². The zero-order valence-corrected chi connectivity index (χ0v) is 15.0. The van der Waals surface area contributed by atoms with Crippen LogP contribution < -0.4 is 5.32 Å². The van der Waals surface area contributed by atoms with Crippen LogP contribution in [0.25, 0.3) is 6.08 Å². The highest BCUT2D eigenvalue weighted by Gasteiger charge is 2.26. The number of anilines is 1. The quantitative estimate of drug-likeness (QED) is 0.477. The number of nitrogens with one attached hydrogen (secondary N) is 1. The third-order valence-electron chi connectivity index (χ3n) is 3.78. The molecule has 1 aliphatic carbocycles. The predicted molar refractivity (Wildman–Crippen MR) is 98.7 cm³/mol. The number of nitriles is 1. The van der Waals surface area contributed by atoms with Crippen molar-refractivity contribution in [1.29, 1.82) is 5.26 Å². The average molecular weight is 367 g/mol. The topological polar surface area (TPSA) is 92.1 Å². The molecule has 0 radical (unpaired) electrons. The van der Waals surface area contributed by atoms with Crippen LogP contribution in [0.2, 0.25) is 0 Å². The van der Waals surface area contributed by atoms with Gasteiger partial charge in [-0.3, -0.25) is 4.79 Å². The molecule has 0 atom stereocenters. The first-order valence-electron chi connectivity index (χ1n) is 8.26. The second kappa shape index (κ2) is 7.93. The second-order valence-electron chi connectivity index (χ2n) is 5.81. The highest BCUT2D eigenvalue weighted by atomic mass is 32.1. The molecule has 6 nitrogen and oxygen atoms in total. The van der Waals surface area contributed by atoms with Gasteiger partial charge in [-0.25, -0.2) is 9.78 Å². The van der Waals surface area contributed by atoms with Crippen molar-refractivity contribution in [3.05, 3.63) is 51.5 Å². The number of nitrogens with zero attached hydrogens (tertiary/aromatic N) is 2. The Hall–Kier alpha value is -2.98. The van der Waals surface area contributed by atoms with Crippen molar-refractivity contribution in [3.63, 3.8) is 0 Å². The molecule has 3 rings (SSSR count). The number of thiazole rings is 1. The van der Waals surface area contributed by atoms with Gasteiger partial charge in [0.2, 0.25) is 0 Å². The van der Waals surface area contributed by atoms with Gasteiger partial charge < -0.3 is 10.1 Å². The molecule has 0 aliphatic heterocycles. The predicted octanol–water partition coefficient (Wildman–Crippen LogP) is 3.74. The third-order valence-corrected chi connectivity index (χ3v) is 4.80. The van der Waals surface area contributed by atoms with Crippen molar-refractivity contribution in [3.8, 4) is 6.07 Å². The van der Waals surface area contributed by atoms with Gasteiger partial charge in [0.1, 0.15) is 11.6 Å². The highest BCUT2D eigenvalue weighted by Crippen LogP contribution is 2.41. The lowest BCUT2D eigenvalue weighted by molar-refractivity contribution is -0.112. The van der Waals surface area contributed by atoms with Crippen LogP contribution in [0.4, 0.5) is 5.69 Å². The van der Waals surface area contributed by atoms with Crippen molar-refractivity contribution < 1.29 is 14.3 Å². The standard InChI is InChI=1S/C19H17N3O3S/c1-2-25-19(24)13-5-7-15(8-6-13)21-17(23)14(10-20)9-16-11-26-18(22-16)12-3-4-12/h5-9,11-12H,2-4H2,1H3,(H,21,23). The zero-order chi connectivity index (χ0) is 18.5. The molecule has 1 amide bonds. The van der Waals surface area contributed by atoms with E-state index in [4.69, 9.17) is 4.74 Å². The van der Waals surface area contributed by atoms with Gasteiger partial charge in [0, 0.05) is 17.0 Å². The smallest absolute Gasteiger partial charge is 0.338 e. The first kappa shape index (κ1) is 17.8. The van der Waals surface area contributed by atoms with Crippen LogP contribution >= 0.6 is 11.3 Å². The van der Waals surface area contributed by atoms with E-state index in [1.54, 1.807) is 42.5 Å². The number of carbonyl (C=O) groups excluding carboxylic acids is 2. The minimum absolute atomic E-state index is 0.0212. The van der Waals surface area contributed by atoms with Crippen molar-refractivity contribution in [2.75, 3.05) is 11.9 Å². The number of hydrogen-bond donors (Lipinski definition) is 1. The largest absolute Gasteiger partial charge is 0.462 e. The van der Waals surface area contributed by atoms with Crippen LogP contribution in [0.3, 0.4) is 0 Å². The van der Waals surface area contributed by atoms with E-state index in [1.165, 1.54) is 6.08 Å². The number of benzene rings is 1. The van der Waals surface area contributed by atoms with E-state index in [0.29, 0.717) is 29.5 Å². The number of carbonyl (C=O) groups is 2. The normalized spacial score (nSPS) is 13.8. The van der Waals surface area contributed by atoms with Crippen molar-refractivity contribution in [2.45, 2.75) is 25.7 Å². The molecule has 1 aromatic heterocycles. The number of hydrogen-bond acceptors (Lipinski definition) is 6. The molecule has 1 heterocycles. The number of ether oxygens (including phenoxy) is 1. The van der Waals surface area contributed by atoms with Crippen molar-refractivity contribution in [1.82, 2.24) is 4.98 Å². The summed E-state index contributed by atoms with van der Waals surface area (Å²) in [5.74, 6) is -0.394. The summed E-state index contributed by atoms with van der Waals surface area (Å²) in [5.41, 5.74) is 1.49. The molecule has 0 bridgehead atoms. The summed E-state index contributed by atoms with van der Waals surface area (Å²) >= 11 is 1.56. The van der Waals surface area contributed by atoms with Crippen LogP contribution in [-0.2, 0) is 9.53 Å². The molecule has 7 heteroatoms. The summed E-state index contributed by atoms with van der Waals surface area (Å²) in [4.78, 5) is 28.4.